The number of carbonyl (C=O) groups excluding carboxylic acids is 4. The highest BCUT2D eigenvalue weighted by Crippen LogP contribution is 2.21. The summed E-state index contributed by atoms with van der Waals surface area (Å²) < 4.78 is 5.58. The van der Waals surface area contributed by atoms with E-state index in [0.717, 1.165) is 0 Å². The number of aliphatic hydroxyl groups excluding tert-OH is 1. The van der Waals surface area contributed by atoms with Gasteiger partial charge in [-0.1, -0.05) is 19.9 Å². The Morgan fingerprint density at radius 2 is 1.87 bits per heavy atom. The lowest BCUT2D eigenvalue weighted by Gasteiger charge is -2.37. The van der Waals surface area contributed by atoms with Crippen LogP contribution >= 0.6 is 0 Å². The molecule has 0 aromatic carbocycles. The first-order valence-electron chi connectivity index (χ1n) is 12.7. The first kappa shape index (κ1) is 29.5. The average Bonchev–Trinajstić information content (AvgIpc) is 2.92. The number of cyclic esters (lactones) is 1. The summed E-state index contributed by atoms with van der Waals surface area (Å²) in [5, 5.41) is 26.6. The molecule has 2 aromatic heterocycles. The van der Waals surface area contributed by atoms with Crippen LogP contribution in [0.15, 0.2) is 42.9 Å². The van der Waals surface area contributed by atoms with Crippen LogP contribution in [0.1, 0.15) is 43.7 Å². The van der Waals surface area contributed by atoms with Gasteiger partial charge in [0.05, 0.1) is 24.1 Å². The molecule has 0 spiro atoms. The smallest absolute Gasteiger partial charge is 0.312 e. The molecule has 1 saturated heterocycles. The molecule has 3 heterocycles. The molecule has 210 valence electrons. The van der Waals surface area contributed by atoms with E-state index in [1.54, 1.807) is 45.3 Å². The number of nitrogens with zero attached hydrogens (tertiary/aromatic N) is 3. The monoisotopic (exact) mass is 541 g/mol. The van der Waals surface area contributed by atoms with E-state index >= 15 is 0 Å². The number of amides is 3. The summed E-state index contributed by atoms with van der Waals surface area (Å²) in [4.78, 5) is 62.3. The number of pyridine rings is 2. The third-order valence-corrected chi connectivity index (χ3v) is 6.91. The van der Waals surface area contributed by atoms with Crippen molar-refractivity contribution in [2.24, 2.45) is 11.8 Å². The molecular weight excluding hydrogens is 506 g/mol. The van der Waals surface area contributed by atoms with Crippen LogP contribution in [0.5, 0.6) is 5.75 Å². The van der Waals surface area contributed by atoms with Gasteiger partial charge in [0.25, 0.3) is 11.8 Å². The lowest BCUT2D eigenvalue weighted by Crippen LogP contribution is -2.63. The number of likely N-dealkylation sites (N-methyl/N-ethyl adjacent to an activating group) is 1. The molecule has 1 aliphatic heterocycles. The zero-order valence-corrected chi connectivity index (χ0v) is 22.6. The Morgan fingerprint density at radius 1 is 1.18 bits per heavy atom. The van der Waals surface area contributed by atoms with E-state index in [9.17, 15) is 29.4 Å². The zero-order valence-electron chi connectivity index (χ0n) is 22.6. The van der Waals surface area contributed by atoms with Gasteiger partial charge in [0.2, 0.25) is 5.91 Å². The fourth-order valence-electron chi connectivity index (χ4n) is 4.31. The van der Waals surface area contributed by atoms with Gasteiger partial charge in [-0.2, -0.15) is 0 Å². The minimum atomic E-state index is -1.40. The number of rotatable bonds is 5. The van der Waals surface area contributed by atoms with Crippen molar-refractivity contribution in [3.05, 3.63) is 54.1 Å². The van der Waals surface area contributed by atoms with Crippen molar-refractivity contribution >= 4 is 23.7 Å². The van der Waals surface area contributed by atoms with Crippen LogP contribution in [0.3, 0.4) is 0 Å². The van der Waals surface area contributed by atoms with Gasteiger partial charge in [-0.05, 0) is 49.9 Å². The number of ether oxygens (including phenoxy) is 1. The topological polar surface area (TPSA) is 171 Å². The molecular formula is C27H35N5O7. The van der Waals surface area contributed by atoms with Gasteiger partial charge in [0.1, 0.15) is 11.8 Å². The van der Waals surface area contributed by atoms with Gasteiger partial charge < -0.3 is 30.5 Å². The first-order valence-corrected chi connectivity index (χ1v) is 12.7. The predicted molar refractivity (Wildman–Crippen MR) is 139 cm³/mol. The van der Waals surface area contributed by atoms with Crippen molar-refractivity contribution in [2.45, 2.75) is 64.4 Å². The number of aromatic nitrogens is 2. The molecule has 0 bridgehead atoms. The molecule has 0 aliphatic carbocycles. The van der Waals surface area contributed by atoms with Crippen LogP contribution in [0, 0.1) is 11.8 Å². The second kappa shape index (κ2) is 12.7. The number of hydrogen-bond acceptors (Lipinski definition) is 9. The summed E-state index contributed by atoms with van der Waals surface area (Å²) in [6.45, 7) is 6.43. The fraction of sp³-hybridized carbons (Fsp3) is 0.481. The van der Waals surface area contributed by atoms with Crippen LogP contribution in [0.25, 0.3) is 0 Å². The summed E-state index contributed by atoms with van der Waals surface area (Å²) >= 11 is 0. The van der Waals surface area contributed by atoms with Crippen molar-refractivity contribution in [2.75, 3.05) is 7.05 Å². The summed E-state index contributed by atoms with van der Waals surface area (Å²) in [7, 11) is 1.44. The van der Waals surface area contributed by atoms with E-state index in [1.807, 2.05) is 0 Å². The van der Waals surface area contributed by atoms with Crippen LogP contribution in [-0.2, 0) is 25.5 Å². The maximum atomic E-state index is 13.7. The molecule has 2 aromatic rings. The lowest BCUT2D eigenvalue weighted by atomic mass is 9.92. The molecule has 39 heavy (non-hydrogen) atoms. The van der Waals surface area contributed by atoms with Gasteiger partial charge in [0, 0.05) is 25.6 Å². The number of carbonyl (C=O) groups is 4. The van der Waals surface area contributed by atoms with E-state index in [2.05, 4.69) is 20.6 Å². The molecule has 4 N–H and O–H groups in total. The van der Waals surface area contributed by atoms with E-state index < -0.39 is 65.9 Å². The van der Waals surface area contributed by atoms with Gasteiger partial charge in [-0.15, -0.1) is 0 Å². The Hall–Kier alpha value is -4.06. The van der Waals surface area contributed by atoms with E-state index in [0.29, 0.717) is 5.56 Å². The number of nitrogens with one attached hydrogen (secondary N) is 2. The van der Waals surface area contributed by atoms with Crippen LogP contribution in [0.4, 0.5) is 0 Å². The predicted octanol–water partition coefficient (Wildman–Crippen LogP) is 0.433. The molecule has 12 nitrogen and oxygen atoms in total. The maximum Gasteiger partial charge on any atom is 0.312 e. The van der Waals surface area contributed by atoms with Gasteiger partial charge >= 0.3 is 5.97 Å². The van der Waals surface area contributed by atoms with Crippen molar-refractivity contribution in [1.82, 2.24) is 25.5 Å². The first-order chi connectivity index (χ1) is 18.4. The number of aliphatic hydroxyl groups is 1. The Kier molecular flexibility index (Phi) is 9.57. The lowest BCUT2D eigenvalue weighted by molar-refractivity contribution is -0.170. The van der Waals surface area contributed by atoms with Crippen LogP contribution < -0.4 is 10.6 Å². The largest absolute Gasteiger partial charge is 0.505 e. The molecule has 3 amide bonds. The molecule has 0 radical (unpaired) electrons. The minimum absolute atomic E-state index is 0.122. The Balaban J connectivity index is 2.04. The normalized spacial score (nSPS) is 26.7. The summed E-state index contributed by atoms with van der Waals surface area (Å²) in [6, 6.07) is 2.97. The third kappa shape index (κ3) is 6.88. The summed E-state index contributed by atoms with van der Waals surface area (Å²) in [5.74, 6) is -4.79. The van der Waals surface area contributed by atoms with Crippen molar-refractivity contribution in [3.8, 4) is 5.75 Å². The fourth-order valence-corrected chi connectivity index (χ4v) is 4.31. The molecule has 12 heteroatoms. The Bertz CT molecular complexity index is 1190. The number of aromatic hydroxyl groups is 1. The Labute approximate surface area is 226 Å². The van der Waals surface area contributed by atoms with Crippen LogP contribution in [-0.4, -0.2) is 86.2 Å². The maximum absolute atomic E-state index is 13.7. The average molecular weight is 542 g/mol. The molecule has 3 rings (SSSR count). The second-order valence-corrected chi connectivity index (χ2v) is 10.1. The van der Waals surface area contributed by atoms with Crippen LogP contribution in [0.2, 0.25) is 0 Å². The second-order valence-electron chi connectivity index (χ2n) is 10.1. The van der Waals surface area contributed by atoms with Crippen molar-refractivity contribution in [1.29, 1.82) is 0 Å². The summed E-state index contributed by atoms with van der Waals surface area (Å²) in [6.07, 6.45) is 2.02. The molecule has 1 fully saturated rings. The third-order valence-electron chi connectivity index (χ3n) is 6.91. The molecule has 1 unspecified atom stereocenters. The van der Waals surface area contributed by atoms with Crippen molar-refractivity contribution < 1.29 is 34.1 Å². The van der Waals surface area contributed by atoms with E-state index in [4.69, 9.17) is 4.74 Å². The zero-order chi connectivity index (χ0) is 28.9. The van der Waals surface area contributed by atoms with Gasteiger partial charge in [-0.3, -0.25) is 24.2 Å². The minimum Gasteiger partial charge on any atom is -0.505 e. The van der Waals surface area contributed by atoms with E-state index in [-0.39, 0.29) is 17.9 Å². The molecule has 0 saturated carbocycles. The Morgan fingerprint density at radius 3 is 2.49 bits per heavy atom. The standard InChI is InChI=1S/C27H35N5O7/c1-14(2)23-26(37)32(5)16(4)20(31-25(36)21-19(33)9-7-11-29-21)24(35)30-18(12-17-8-6-10-28-13-17)22(34)15(3)27(38)39-23/h6-11,13-16,18,20,22-23,33-34H,12H2,1-5H3,(H,30,35)(H,31,36)/t15-,16-,18+,20+,22+,23?/m1/s1. The SMILES string of the molecule is CC(C)C1OC(=O)[C@H](C)[C@H](O)[C@H](Cc2cccnc2)NC(=O)[C@@H](NC(=O)c2ncccc2O)[C@@H](C)N(C)C1=O. The van der Waals surface area contributed by atoms with E-state index in [1.165, 1.54) is 37.2 Å². The highest BCUT2D eigenvalue weighted by molar-refractivity contribution is 5.98. The number of hydrogen-bond donors (Lipinski definition) is 4. The van der Waals surface area contributed by atoms with Gasteiger partial charge in [-0.25, -0.2) is 4.98 Å². The van der Waals surface area contributed by atoms with Gasteiger partial charge in [0.15, 0.2) is 11.8 Å². The molecule has 6 atom stereocenters. The highest BCUT2D eigenvalue weighted by Gasteiger charge is 2.41. The van der Waals surface area contributed by atoms with Crippen molar-refractivity contribution in [3.63, 3.8) is 0 Å². The number of esters is 1. The quantitative estimate of drug-likeness (QED) is 0.392. The highest BCUT2D eigenvalue weighted by atomic mass is 16.6. The molecule has 1 aliphatic rings. The summed E-state index contributed by atoms with van der Waals surface area (Å²) in [5.41, 5.74) is 0.390.